The molecule has 0 aliphatic carbocycles. The second kappa shape index (κ2) is 13.9. The van der Waals surface area contributed by atoms with E-state index in [4.69, 9.17) is 9.47 Å². The van der Waals surface area contributed by atoms with Gasteiger partial charge in [0.25, 0.3) is 0 Å². The van der Waals surface area contributed by atoms with E-state index >= 15 is 0 Å². The summed E-state index contributed by atoms with van der Waals surface area (Å²) in [7, 11) is 1.57. The van der Waals surface area contributed by atoms with Crippen LogP contribution in [0.2, 0.25) is 0 Å². The highest BCUT2D eigenvalue weighted by molar-refractivity contribution is 6.03. The van der Waals surface area contributed by atoms with Crippen LogP contribution >= 0.6 is 0 Å². The first-order valence-electron chi connectivity index (χ1n) is 15.6. The van der Waals surface area contributed by atoms with Gasteiger partial charge in [-0.05, 0) is 65.4 Å². The smallest absolute Gasteiger partial charge is 0.233 e. The number of halogens is 1. The topological polar surface area (TPSA) is 140 Å². The van der Waals surface area contributed by atoms with E-state index in [1.54, 1.807) is 36.3 Å². The first-order chi connectivity index (χ1) is 22.7. The van der Waals surface area contributed by atoms with Crippen molar-refractivity contribution >= 4 is 11.6 Å². The molecule has 8 atom stereocenters. The Labute approximate surface area is 272 Å². The molecule has 0 saturated carbocycles. The molecule has 1 amide bonds. The van der Waals surface area contributed by atoms with Crippen molar-refractivity contribution < 1.29 is 44.2 Å². The second-order valence-corrected chi connectivity index (χ2v) is 12.1. The zero-order valence-corrected chi connectivity index (χ0v) is 25.8. The number of ether oxygens (including phenoxy) is 2. The molecule has 0 aromatic heterocycles. The van der Waals surface area contributed by atoms with E-state index in [1.807, 2.05) is 60.7 Å². The van der Waals surface area contributed by atoms with Gasteiger partial charge in [0.05, 0.1) is 31.8 Å². The maximum absolute atomic E-state index is 13.6. The Morgan fingerprint density at radius 1 is 0.872 bits per heavy atom. The van der Waals surface area contributed by atoms with Crippen LogP contribution in [0.5, 0.6) is 5.75 Å². The number of benzene rings is 4. The number of hydrogen-bond donors (Lipinski definition) is 5. The summed E-state index contributed by atoms with van der Waals surface area (Å²) in [6, 6.07) is 27.7. The minimum atomic E-state index is -1.47. The molecule has 2 aliphatic rings. The van der Waals surface area contributed by atoms with Crippen molar-refractivity contribution in [3.05, 3.63) is 120 Å². The minimum absolute atomic E-state index is 0.0533. The fourth-order valence-corrected chi connectivity index (χ4v) is 6.63. The van der Waals surface area contributed by atoms with Gasteiger partial charge >= 0.3 is 0 Å². The molecule has 0 radical (unpaired) electrons. The van der Waals surface area contributed by atoms with Crippen molar-refractivity contribution in [2.45, 2.75) is 55.5 Å². The van der Waals surface area contributed by atoms with Crippen molar-refractivity contribution in [2.75, 3.05) is 18.6 Å². The van der Waals surface area contributed by atoms with Crippen LogP contribution < -0.4 is 9.64 Å². The molecule has 47 heavy (non-hydrogen) atoms. The molecule has 10 heteroatoms. The number of nitrogens with zero attached hydrogens (tertiary/aromatic N) is 1. The largest absolute Gasteiger partial charge is 0.496 e. The van der Waals surface area contributed by atoms with Gasteiger partial charge < -0.3 is 39.9 Å². The van der Waals surface area contributed by atoms with Crippen LogP contribution in [-0.2, 0) is 9.53 Å². The summed E-state index contributed by atoms with van der Waals surface area (Å²) >= 11 is 0. The lowest BCUT2D eigenvalue weighted by Gasteiger charge is -2.48. The number of carbonyl (C=O) groups excluding carboxylic acids is 1. The van der Waals surface area contributed by atoms with Gasteiger partial charge in [-0.2, -0.15) is 0 Å². The third-order valence-corrected chi connectivity index (χ3v) is 9.27. The number of aliphatic hydroxyl groups is 5. The molecule has 9 nitrogen and oxygen atoms in total. The maximum Gasteiger partial charge on any atom is 0.233 e. The van der Waals surface area contributed by atoms with Gasteiger partial charge in [0.1, 0.15) is 42.1 Å². The number of aliphatic hydroxyl groups excluding tert-OH is 5. The quantitative estimate of drug-likeness (QED) is 0.162. The highest BCUT2D eigenvalue weighted by Crippen LogP contribution is 2.49. The van der Waals surface area contributed by atoms with E-state index in [0.717, 1.165) is 22.4 Å². The van der Waals surface area contributed by atoms with Crippen LogP contribution in [0.3, 0.4) is 0 Å². The molecular formula is C37H38FNO8. The summed E-state index contributed by atoms with van der Waals surface area (Å²) in [6.07, 6.45) is -6.32. The number of anilines is 1. The summed E-state index contributed by atoms with van der Waals surface area (Å²) in [6.45, 7) is -0.504. The molecule has 0 spiro atoms. The second-order valence-electron chi connectivity index (χ2n) is 12.1. The molecule has 4 aromatic carbocycles. The monoisotopic (exact) mass is 643 g/mol. The number of hydrogen-bond acceptors (Lipinski definition) is 8. The van der Waals surface area contributed by atoms with Gasteiger partial charge in [-0.3, -0.25) is 4.79 Å². The molecule has 2 saturated heterocycles. The van der Waals surface area contributed by atoms with Crippen LogP contribution in [0, 0.1) is 11.7 Å². The summed E-state index contributed by atoms with van der Waals surface area (Å²) in [4.78, 5) is 15.3. The third-order valence-electron chi connectivity index (χ3n) is 9.27. The Hall–Kier alpha value is -4.16. The van der Waals surface area contributed by atoms with E-state index in [-0.39, 0.29) is 17.8 Å². The Bertz CT molecular complexity index is 1670. The average molecular weight is 644 g/mol. The SMILES string of the molecule is COc1cc(-c2ccc(C3O[C@H](CO)[C@@H](O)[C@H](O)[C@H]3O)cc2)ccc1[C@@H]1[C@@H](CC[C@H](O)c2ccc(F)cc2)C(=O)N1c1ccccc1. The van der Waals surface area contributed by atoms with Crippen molar-refractivity contribution in [1.82, 2.24) is 0 Å². The number of methoxy groups -OCH3 is 1. The maximum atomic E-state index is 13.6. The summed E-state index contributed by atoms with van der Waals surface area (Å²) < 4.78 is 25.0. The van der Waals surface area contributed by atoms with Crippen LogP contribution in [0.25, 0.3) is 11.1 Å². The van der Waals surface area contributed by atoms with Crippen molar-refractivity contribution in [3.8, 4) is 16.9 Å². The lowest BCUT2D eigenvalue weighted by molar-refractivity contribution is -0.231. The molecule has 0 bridgehead atoms. The highest BCUT2D eigenvalue weighted by atomic mass is 19.1. The summed E-state index contributed by atoms with van der Waals surface area (Å²) in [5, 5.41) is 51.2. The predicted octanol–water partition coefficient (Wildman–Crippen LogP) is 4.23. The number of rotatable bonds is 10. The van der Waals surface area contributed by atoms with E-state index in [1.165, 1.54) is 12.1 Å². The lowest BCUT2D eigenvalue weighted by Crippen LogP contribution is -2.55. The average Bonchev–Trinajstić information content (AvgIpc) is 3.10. The van der Waals surface area contributed by atoms with Gasteiger partial charge in [0.15, 0.2) is 0 Å². The van der Waals surface area contributed by atoms with Gasteiger partial charge in [-0.1, -0.05) is 66.7 Å². The van der Waals surface area contributed by atoms with Gasteiger partial charge in [-0.15, -0.1) is 0 Å². The van der Waals surface area contributed by atoms with E-state index in [0.29, 0.717) is 29.7 Å². The zero-order valence-electron chi connectivity index (χ0n) is 25.8. The Morgan fingerprint density at radius 2 is 1.55 bits per heavy atom. The number of carbonyl (C=O) groups is 1. The van der Waals surface area contributed by atoms with E-state index < -0.39 is 49.1 Å². The minimum Gasteiger partial charge on any atom is -0.496 e. The van der Waals surface area contributed by atoms with Crippen molar-refractivity contribution in [3.63, 3.8) is 0 Å². The van der Waals surface area contributed by atoms with Gasteiger partial charge in [0.2, 0.25) is 5.91 Å². The van der Waals surface area contributed by atoms with Gasteiger partial charge in [0, 0.05) is 11.3 Å². The van der Waals surface area contributed by atoms with Crippen LogP contribution in [0.15, 0.2) is 97.1 Å². The number of para-hydroxylation sites is 1. The molecule has 246 valence electrons. The molecule has 4 aromatic rings. The first kappa shape index (κ1) is 32.8. The van der Waals surface area contributed by atoms with Crippen molar-refractivity contribution in [1.29, 1.82) is 0 Å². The van der Waals surface area contributed by atoms with Crippen LogP contribution in [0.4, 0.5) is 10.1 Å². The predicted molar refractivity (Wildman–Crippen MR) is 172 cm³/mol. The van der Waals surface area contributed by atoms with Crippen LogP contribution in [-0.4, -0.2) is 69.6 Å². The summed E-state index contributed by atoms with van der Waals surface area (Å²) in [5.74, 6) is -0.262. The fourth-order valence-electron chi connectivity index (χ4n) is 6.63. The molecular weight excluding hydrogens is 605 g/mol. The van der Waals surface area contributed by atoms with E-state index in [9.17, 15) is 34.7 Å². The Morgan fingerprint density at radius 3 is 2.21 bits per heavy atom. The lowest BCUT2D eigenvalue weighted by atomic mass is 9.77. The Balaban J connectivity index is 1.25. The van der Waals surface area contributed by atoms with E-state index in [2.05, 4.69) is 0 Å². The molecule has 6 rings (SSSR count). The third kappa shape index (κ3) is 6.40. The fraction of sp³-hybridized carbons (Fsp3) is 0.324. The zero-order chi connectivity index (χ0) is 33.2. The molecule has 1 unspecified atom stereocenters. The highest BCUT2D eigenvalue weighted by Gasteiger charge is 2.49. The normalized spacial score (nSPS) is 26.5. The molecule has 2 aliphatic heterocycles. The van der Waals surface area contributed by atoms with Gasteiger partial charge in [-0.25, -0.2) is 4.39 Å². The molecule has 2 heterocycles. The Kier molecular flexibility index (Phi) is 9.70. The molecule has 5 N–H and O–H groups in total. The summed E-state index contributed by atoms with van der Waals surface area (Å²) in [5.41, 5.74) is 4.42. The standard InChI is InChI=1S/C37H38FNO8/c1-46-30-19-24(21-7-9-23(10-8-21)36-35(44)34(43)33(42)31(20-40)47-36)13-16-27(30)32-28(37(45)39(32)26-5-3-2-4-6-26)17-18-29(41)22-11-14-25(38)15-12-22/h2-16,19,28-29,31-36,40-44H,17-18,20H2,1H3/t28-,29+,31-,32-,33-,34+,35-,36?/m1/s1. The number of amides is 1. The molecule has 2 fully saturated rings. The number of β-lactam (4-membered cyclic amide) rings is 1. The van der Waals surface area contributed by atoms with Crippen LogP contribution in [0.1, 0.15) is 47.8 Å². The first-order valence-corrected chi connectivity index (χ1v) is 15.6. The van der Waals surface area contributed by atoms with Crippen molar-refractivity contribution in [2.24, 2.45) is 5.92 Å².